The number of likely N-dealkylation sites (N-methyl/N-ethyl adjacent to an activating group) is 1. The third kappa shape index (κ3) is 5.45. The Labute approximate surface area is 173 Å². The molecule has 0 radical (unpaired) electrons. The monoisotopic (exact) mass is 391 g/mol. The maximum atomic E-state index is 12.2. The summed E-state index contributed by atoms with van der Waals surface area (Å²) >= 11 is 0. The van der Waals surface area contributed by atoms with E-state index >= 15 is 0 Å². The van der Waals surface area contributed by atoms with Crippen LogP contribution in [-0.2, 0) is 11.4 Å². The molecule has 2 aromatic carbocycles. The Bertz CT molecular complexity index is 827. The number of hydrogen-bond donors (Lipinski definition) is 0. The standard InChI is InChI=1S/C24H29N3O2/c1-26-11-13-27(14-12-26)24(28)17-25-16-21-15-23(21)20-7-9-22(10-8-20)29-18-19-5-3-2-4-6-19/h2-10,16,21,23H,11-15,17-18H2,1H3/t21?,23-/m1/s1. The van der Waals surface area contributed by atoms with E-state index in [9.17, 15) is 4.79 Å². The van der Waals surface area contributed by atoms with Gasteiger partial charge in [-0.25, -0.2) is 0 Å². The van der Waals surface area contributed by atoms with Crippen molar-refractivity contribution in [3.05, 3.63) is 65.7 Å². The summed E-state index contributed by atoms with van der Waals surface area (Å²) in [6, 6.07) is 18.6. The van der Waals surface area contributed by atoms with Crippen molar-refractivity contribution >= 4 is 12.1 Å². The maximum absolute atomic E-state index is 12.2. The number of hydrogen-bond acceptors (Lipinski definition) is 4. The smallest absolute Gasteiger partial charge is 0.244 e. The van der Waals surface area contributed by atoms with E-state index in [2.05, 4.69) is 41.2 Å². The van der Waals surface area contributed by atoms with Crippen LogP contribution in [0.3, 0.4) is 0 Å². The molecule has 0 aromatic heterocycles. The molecule has 1 aliphatic carbocycles. The molecule has 1 heterocycles. The summed E-state index contributed by atoms with van der Waals surface area (Å²) in [5.41, 5.74) is 2.49. The molecule has 5 heteroatoms. The van der Waals surface area contributed by atoms with Gasteiger partial charge in [0.05, 0.1) is 0 Å². The van der Waals surface area contributed by atoms with Crippen molar-refractivity contribution in [1.29, 1.82) is 0 Å². The van der Waals surface area contributed by atoms with Gasteiger partial charge in [-0.2, -0.15) is 0 Å². The van der Waals surface area contributed by atoms with Crippen LogP contribution in [0.5, 0.6) is 5.75 Å². The normalized spacial score (nSPS) is 22.0. The first-order valence-corrected chi connectivity index (χ1v) is 10.4. The van der Waals surface area contributed by atoms with Crippen molar-refractivity contribution in [2.45, 2.75) is 18.9 Å². The van der Waals surface area contributed by atoms with Crippen LogP contribution in [0.2, 0.25) is 0 Å². The van der Waals surface area contributed by atoms with Crippen molar-refractivity contribution < 1.29 is 9.53 Å². The van der Waals surface area contributed by atoms with Gasteiger partial charge in [-0.15, -0.1) is 0 Å². The summed E-state index contributed by atoms with van der Waals surface area (Å²) in [6.45, 7) is 4.39. The van der Waals surface area contributed by atoms with E-state index in [0.717, 1.165) is 38.3 Å². The second kappa shape index (κ2) is 9.23. The molecule has 29 heavy (non-hydrogen) atoms. The van der Waals surface area contributed by atoms with Crippen LogP contribution >= 0.6 is 0 Å². The lowest BCUT2D eigenvalue weighted by atomic mass is 10.1. The van der Waals surface area contributed by atoms with E-state index in [1.165, 1.54) is 11.1 Å². The van der Waals surface area contributed by atoms with Crippen LogP contribution in [0.1, 0.15) is 23.5 Å². The van der Waals surface area contributed by atoms with Crippen LogP contribution in [-0.4, -0.2) is 61.7 Å². The number of rotatable bonds is 7. The quantitative estimate of drug-likeness (QED) is 0.681. The molecule has 1 amide bonds. The molecule has 5 nitrogen and oxygen atoms in total. The highest BCUT2D eigenvalue weighted by molar-refractivity contribution is 5.80. The highest BCUT2D eigenvalue weighted by Gasteiger charge is 2.36. The molecule has 1 unspecified atom stereocenters. The lowest BCUT2D eigenvalue weighted by Gasteiger charge is -2.32. The topological polar surface area (TPSA) is 45.1 Å². The summed E-state index contributed by atoms with van der Waals surface area (Å²) < 4.78 is 5.86. The molecule has 1 saturated carbocycles. The Hall–Kier alpha value is -2.66. The molecular weight excluding hydrogens is 362 g/mol. The van der Waals surface area contributed by atoms with Gasteiger partial charge in [0.1, 0.15) is 18.9 Å². The zero-order valence-electron chi connectivity index (χ0n) is 17.0. The Morgan fingerprint density at radius 2 is 1.79 bits per heavy atom. The van der Waals surface area contributed by atoms with Gasteiger partial charge in [0, 0.05) is 38.3 Å². The zero-order chi connectivity index (χ0) is 20.1. The first-order valence-electron chi connectivity index (χ1n) is 10.4. The van der Waals surface area contributed by atoms with Crippen molar-refractivity contribution in [3.8, 4) is 5.75 Å². The number of ether oxygens (including phenoxy) is 1. The Kier molecular flexibility index (Phi) is 6.25. The van der Waals surface area contributed by atoms with Crippen molar-refractivity contribution in [3.63, 3.8) is 0 Å². The maximum Gasteiger partial charge on any atom is 0.244 e. The Morgan fingerprint density at radius 3 is 2.52 bits per heavy atom. The summed E-state index contributed by atoms with van der Waals surface area (Å²) in [7, 11) is 2.09. The van der Waals surface area contributed by atoms with E-state index in [0.29, 0.717) is 18.4 Å². The lowest BCUT2D eigenvalue weighted by molar-refractivity contribution is -0.131. The summed E-state index contributed by atoms with van der Waals surface area (Å²) in [5.74, 6) is 2.00. The van der Waals surface area contributed by atoms with Crippen LogP contribution in [0, 0.1) is 5.92 Å². The van der Waals surface area contributed by atoms with Gasteiger partial charge in [0.15, 0.2) is 0 Å². The average molecular weight is 392 g/mol. The third-order valence-electron chi connectivity index (χ3n) is 5.78. The van der Waals surface area contributed by atoms with Crippen LogP contribution in [0.25, 0.3) is 0 Å². The number of benzene rings is 2. The van der Waals surface area contributed by atoms with Gasteiger partial charge < -0.3 is 14.5 Å². The lowest BCUT2D eigenvalue weighted by Crippen LogP contribution is -2.47. The SMILES string of the molecule is CN1CCN(C(=O)CN=CC2C[C@@H]2c2ccc(OCc3ccccc3)cc2)CC1. The highest BCUT2D eigenvalue weighted by atomic mass is 16.5. The first kappa shape index (κ1) is 19.6. The van der Waals surface area contributed by atoms with Crippen LogP contribution in [0.15, 0.2) is 59.6 Å². The van der Waals surface area contributed by atoms with Gasteiger partial charge in [-0.05, 0) is 42.6 Å². The number of nitrogens with zero attached hydrogens (tertiary/aromatic N) is 3. The van der Waals surface area contributed by atoms with Crippen molar-refractivity contribution in [1.82, 2.24) is 9.80 Å². The van der Waals surface area contributed by atoms with E-state index in [1.807, 2.05) is 41.4 Å². The molecule has 2 atom stereocenters. The molecule has 4 rings (SSSR count). The second-order valence-electron chi connectivity index (χ2n) is 8.02. The average Bonchev–Trinajstić information content (AvgIpc) is 3.53. The molecule has 0 bridgehead atoms. The highest BCUT2D eigenvalue weighted by Crippen LogP contribution is 2.46. The van der Waals surface area contributed by atoms with Crippen LogP contribution in [0.4, 0.5) is 0 Å². The van der Waals surface area contributed by atoms with Gasteiger partial charge in [-0.3, -0.25) is 9.79 Å². The number of piperazine rings is 1. The predicted molar refractivity (Wildman–Crippen MR) is 116 cm³/mol. The minimum absolute atomic E-state index is 0.145. The van der Waals surface area contributed by atoms with Crippen LogP contribution < -0.4 is 4.74 Å². The summed E-state index contributed by atoms with van der Waals surface area (Å²) in [6.07, 6.45) is 3.09. The largest absolute Gasteiger partial charge is 0.489 e. The molecule has 2 aliphatic rings. The van der Waals surface area contributed by atoms with Gasteiger partial charge in [0.2, 0.25) is 5.91 Å². The number of carbonyl (C=O) groups is 1. The van der Waals surface area contributed by atoms with E-state index in [-0.39, 0.29) is 12.5 Å². The minimum Gasteiger partial charge on any atom is -0.489 e. The molecule has 1 aliphatic heterocycles. The molecule has 0 spiro atoms. The minimum atomic E-state index is 0.145. The number of amides is 1. The van der Waals surface area contributed by atoms with E-state index in [1.54, 1.807) is 0 Å². The summed E-state index contributed by atoms with van der Waals surface area (Å²) in [5, 5.41) is 0. The van der Waals surface area contributed by atoms with Crippen molar-refractivity contribution in [2.75, 3.05) is 39.8 Å². The zero-order valence-corrected chi connectivity index (χ0v) is 17.0. The fourth-order valence-electron chi connectivity index (χ4n) is 3.74. The van der Waals surface area contributed by atoms with Gasteiger partial charge >= 0.3 is 0 Å². The van der Waals surface area contributed by atoms with Gasteiger partial charge in [-0.1, -0.05) is 42.5 Å². The number of carbonyl (C=O) groups excluding carboxylic acids is 1. The van der Waals surface area contributed by atoms with Gasteiger partial charge in [0.25, 0.3) is 0 Å². The number of aliphatic imine (C=N–C) groups is 1. The Morgan fingerprint density at radius 1 is 1.07 bits per heavy atom. The van der Waals surface area contributed by atoms with E-state index in [4.69, 9.17) is 4.74 Å². The third-order valence-corrected chi connectivity index (χ3v) is 5.78. The fraction of sp³-hybridized carbons (Fsp3) is 0.417. The molecule has 152 valence electrons. The fourth-order valence-corrected chi connectivity index (χ4v) is 3.74. The molecular formula is C24H29N3O2. The second-order valence-corrected chi connectivity index (χ2v) is 8.02. The molecule has 1 saturated heterocycles. The molecule has 2 aromatic rings. The molecule has 0 N–H and O–H groups in total. The Balaban J connectivity index is 1.20. The molecule has 2 fully saturated rings. The van der Waals surface area contributed by atoms with E-state index < -0.39 is 0 Å². The van der Waals surface area contributed by atoms with Crippen molar-refractivity contribution in [2.24, 2.45) is 10.9 Å². The first-order chi connectivity index (χ1) is 14.2. The predicted octanol–water partition coefficient (Wildman–Crippen LogP) is 3.21. The summed E-state index contributed by atoms with van der Waals surface area (Å²) in [4.78, 5) is 20.8.